The van der Waals surface area contributed by atoms with Gasteiger partial charge in [-0.05, 0) is 81.1 Å². The molecule has 0 aliphatic heterocycles. The van der Waals surface area contributed by atoms with E-state index in [9.17, 15) is 4.79 Å². The van der Waals surface area contributed by atoms with Crippen molar-refractivity contribution in [2.75, 3.05) is 6.54 Å². The number of carbonyl (C=O) groups is 1. The standard InChI is InChI=1S/C23H27ClN2O2/c1-14-20(21(26-28-14)18-4-2-3-5-19(18)24)22(27)25-7-6-23-11-15-8-16(12-23)10-17(9-15)13-23/h2-5,15-17H,6-13H2,1H3,(H,25,27). The lowest BCUT2D eigenvalue weighted by atomic mass is 9.49. The summed E-state index contributed by atoms with van der Waals surface area (Å²) >= 11 is 6.31. The van der Waals surface area contributed by atoms with Crippen LogP contribution in [0.25, 0.3) is 11.3 Å². The van der Waals surface area contributed by atoms with Gasteiger partial charge in [-0.3, -0.25) is 4.79 Å². The Kier molecular flexibility index (Phi) is 4.50. The third kappa shape index (κ3) is 3.16. The SMILES string of the molecule is Cc1onc(-c2ccccc2Cl)c1C(=O)NCCC12CC3CC(CC(C3)C1)C2. The molecule has 148 valence electrons. The van der Waals surface area contributed by atoms with Gasteiger partial charge in [0.15, 0.2) is 0 Å². The number of halogens is 1. The van der Waals surface area contributed by atoms with Crippen LogP contribution in [0, 0.1) is 30.1 Å². The lowest BCUT2D eigenvalue weighted by molar-refractivity contribution is -0.0564. The van der Waals surface area contributed by atoms with Crippen molar-refractivity contribution in [2.24, 2.45) is 23.2 Å². The average Bonchev–Trinajstić information content (AvgIpc) is 3.02. The zero-order valence-corrected chi connectivity index (χ0v) is 17.1. The van der Waals surface area contributed by atoms with Crippen LogP contribution in [-0.4, -0.2) is 17.6 Å². The second kappa shape index (κ2) is 6.91. The summed E-state index contributed by atoms with van der Waals surface area (Å²) in [7, 11) is 0. The molecule has 4 aliphatic rings. The summed E-state index contributed by atoms with van der Waals surface area (Å²) in [6.45, 7) is 2.50. The van der Waals surface area contributed by atoms with Crippen LogP contribution in [0.2, 0.25) is 5.02 Å². The first-order valence-corrected chi connectivity index (χ1v) is 10.9. The minimum atomic E-state index is -0.113. The Hall–Kier alpha value is -1.81. The molecule has 4 fully saturated rings. The number of carbonyl (C=O) groups excluding carboxylic acids is 1. The minimum absolute atomic E-state index is 0.113. The van der Waals surface area contributed by atoms with Gasteiger partial charge in [-0.15, -0.1) is 0 Å². The Bertz CT molecular complexity index is 868. The molecule has 1 N–H and O–H groups in total. The Balaban J connectivity index is 1.28. The summed E-state index contributed by atoms with van der Waals surface area (Å²) in [4.78, 5) is 13.0. The van der Waals surface area contributed by atoms with Gasteiger partial charge in [0.25, 0.3) is 5.91 Å². The zero-order valence-electron chi connectivity index (χ0n) is 16.3. The number of benzene rings is 1. The molecule has 4 saturated carbocycles. The third-order valence-corrected chi connectivity index (χ3v) is 7.65. The van der Waals surface area contributed by atoms with Crippen LogP contribution in [0.15, 0.2) is 28.8 Å². The highest BCUT2D eigenvalue weighted by Gasteiger charge is 2.50. The fourth-order valence-electron chi connectivity index (χ4n) is 6.60. The monoisotopic (exact) mass is 398 g/mol. The molecule has 4 nitrogen and oxygen atoms in total. The minimum Gasteiger partial charge on any atom is -0.360 e. The highest BCUT2D eigenvalue weighted by molar-refractivity contribution is 6.33. The first-order chi connectivity index (χ1) is 13.5. The molecule has 1 heterocycles. The first-order valence-electron chi connectivity index (χ1n) is 10.5. The molecule has 1 aromatic carbocycles. The molecule has 0 radical (unpaired) electrons. The van der Waals surface area contributed by atoms with Crippen molar-refractivity contribution < 1.29 is 9.32 Å². The van der Waals surface area contributed by atoms with Crippen molar-refractivity contribution >= 4 is 17.5 Å². The fraction of sp³-hybridized carbons (Fsp3) is 0.565. The second-order valence-corrected chi connectivity index (χ2v) is 9.77. The maximum atomic E-state index is 13.0. The largest absolute Gasteiger partial charge is 0.360 e. The van der Waals surface area contributed by atoms with Crippen molar-refractivity contribution in [1.29, 1.82) is 0 Å². The van der Waals surface area contributed by atoms with Crippen molar-refractivity contribution in [1.82, 2.24) is 10.5 Å². The molecule has 1 amide bonds. The normalized spacial score (nSPS) is 30.6. The Morgan fingerprint density at radius 1 is 1.18 bits per heavy atom. The second-order valence-electron chi connectivity index (χ2n) is 9.37. The zero-order chi connectivity index (χ0) is 19.3. The molecular weight excluding hydrogens is 372 g/mol. The summed E-state index contributed by atoms with van der Waals surface area (Å²) in [6.07, 6.45) is 9.55. The quantitative estimate of drug-likeness (QED) is 0.709. The van der Waals surface area contributed by atoms with Gasteiger partial charge in [-0.1, -0.05) is 35.0 Å². The van der Waals surface area contributed by atoms with Crippen LogP contribution in [0.1, 0.15) is 61.1 Å². The lowest BCUT2D eigenvalue weighted by Gasteiger charge is -2.57. The molecule has 2 aromatic rings. The van der Waals surface area contributed by atoms with Gasteiger partial charge in [0.1, 0.15) is 17.0 Å². The van der Waals surface area contributed by atoms with Crippen LogP contribution in [0.4, 0.5) is 0 Å². The van der Waals surface area contributed by atoms with E-state index in [1.165, 1.54) is 38.5 Å². The van der Waals surface area contributed by atoms with Crippen LogP contribution < -0.4 is 5.32 Å². The summed E-state index contributed by atoms with van der Waals surface area (Å²) < 4.78 is 5.34. The van der Waals surface area contributed by atoms with Gasteiger partial charge in [-0.25, -0.2) is 0 Å². The Morgan fingerprint density at radius 3 is 2.46 bits per heavy atom. The number of aromatic nitrogens is 1. The highest BCUT2D eigenvalue weighted by atomic mass is 35.5. The highest BCUT2D eigenvalue weighted by Crippen LogP contribution is 2.61. The van der Waals surface area contributed by atoms with E-state index >= 15 is 0 Å². The number of hydrogen-bond donors (Lipinski definition) is 1. The predicted molar refractivity (Wildman–Crippen MR) is 109 cm³/mol. The first kappa shape index (κ1) is 18.2. The van der Waals surface area contributed by atoms with Gasteiger partial charge in [0.05, 0.1) is 5.02 Å². The lowest BCUT2D eigenvalue weighted by Crippen LogP contribution is -2.47. The number of amides is 1. The van der Waals surface area contributed by atoms with E-state index in [4.69, 9.17) is 16.1 Å². The molecule has 0 unspecified atom stereocenters. The van der Waals surface area contributed by atoms with Crippen molar-refractivity contribution in [2.45, 2.75) is 51.9 Å². The summed E-state index contributed by atoms with van der Waals surface area (Å²) in [6, 6.07) is 7.42. The molecule has 0 spiro atoms. The van der Waals surface area contributed by atoms with Gasteiger partial charge >= 0.3 is 0 Å². The number of aryl methyl sites for hydroxylation is 1. The number of rotatable bonds is 5. The van der Waals surface area contributed by atoms with Gasteiger partial charge in [-0.2, -0.15) is 0 Å². The van der Waals surface area contributed by atoms with Crippen LogP contribution >= 0.6 is 11.6 Å². The van der Waals surface area contributed by atoms with Crippen molar-refractivity contribution in [3.63, 3.8) is 0 Å². The van der Waals surface area contributed by atoms with Crippen LogP contribution in [0.5, 0.6) is 0 Å². The van der Waals surface area contributed by atoms with E-state index in [-0.39, 0.29) is 5.91 Å². The molecule has 6 rings (SSSR count). The molecule has 0 saturated heterocycles. The average molecular weight is 399 g/mol. The van der Waals surface area contributed by atoms with Gasteiger partial charge in [0.2, 0.25) is 0 Å². The van der Waals surface area contributed by atoms with Crippen molar-refractivity contribution in [3.8, 4) is 11.3 Å². The van der Waals surface area contributed by atoms with E-state index in [1.54, 1.807) is 13.0 Å². The number of hydrogen-bond acceptors (Lipinski definition) is 3. The van der Waals surface area contributed by atoms with Crippen LogP contribution in [0.3, 0.4) is 0 Å². The molecule has 4 aliphatic carbocycles. The predicted octanol–water partition coefficient (Wildman–Crippen LogP) is 5.64. The van der Waals surface area contributed by atoms with E-state index in [2.05, 4.69) is 10.5 Å². The molecule has 1 aromatic heterocycles. The third-order valence-electron chi connectivity index (χ3n) is 7.32. The Morgan fingerprint density at radius 2 is 1.82 bits per heavy atom. The maximum absolute atomic E-state index is 13.0. The molecular formula is C23H27ClN2O2. The number of nitrogens with one attached hydrogen (secondary N) is 1. The van der Waals surface area contributed by atoms with E-state index in [0.717, 1.165) is 36.3 Å². The van der Waals surface area contributed by atoms with E-state index in [0.29, 0.717) is 27.5 Å². The Labute approximate surface area is 171 Å². The molecule has 5 heteroatoms. The fourth-order valence-corrected chi connectivity index (χ4v) is 6.83. The smallest absolute Gasteiger partial charge is 0.257 e. The van der Waals surface area contributed by atoms with Gasteiger partial charge in [0, 0.05) is 12.1 Å². The number of nitrogens with zero attached hydrogens (tertiary/aromatic N) is 1. The summed E-state index contributed by atoms with van der Waals surface area (Å²) in [5.41, 5.74) is 2.22. The topological polar surface area (TPSA) is 55.1 Å². The molecule has 28 heavy (non-hydrogen) atoms. The summed E-state index contributed by atoms with van der Waals surface area (Å²) in [5.74, 6) is 3.23. The van der Waals surface area contributed by atoms with E-state index in [1.807, 2.05) is 18.2 Å². The van der Waals surface area contributed by atoms with Crippen molar-refractivity contribution in [3.05, 3.63) is 40.6 Å². The van der Waals surface area contributed by atoms with Crippen LogP contribution in [-0.2, 0) is 0 Å². The van der Waals surface area contributed by atoms with E-state index < -0.39 is 0 Å². The molecule has 4 bridgehead atoms. The molecule has 0 atom stereocenters. The van der Waals surface area contributed by atoms with Gasteiger partial charge < -0.3 is 9.84 Å². The maximum Gasteiger partial charge on any atom is 0.257 e. The summed E-state index contributed by atoms with van der Waals surface area (Å²) in [5, 5.41) is 7.83.